The first-order valence-electron chi connectivity index (χ1n) is 9.89. The van der Waals surface area contributed by atoms with Crippen LogP contribution in [0.2, 0.25) is 0 Å². The molecule has 4 rings (SSSR count). The molecule has 1 amide bonds. The monoisotopic (exact) mass is 450 g/mol. The Morgan fingerprint density at radius 3 is 2.03 bits per heavy atom. The van der Waals surface area contributed by atoms with Crippen molar-refractivity contribution < 1.29 is 24.2 Å². The number of ketones is 1. The van der Waals surface area contributed by atoms with Crippen LogP contribution in [0, 0.1) is 13.8 Å². The number of methoxy groups -OCH3 is 2. The second-order valence-electron chi connectivity index (χ2n) is 7.31. The summed E-state index contributed by atoms with van der Waals surface area (Å²) in [5, 5.41) is 11.5. The SMILES string of the molecule is COc1ccc(/C(O)=C2\C(=O)C(=O)N(c3nc(C)c(C)s3)[C@H]2c2ccc(OC)cc2)cc1. The van der Waals surface area contributed by atoms with Crippen molar-refractivity contribution in [2.24, 2.45) is 0 Å². The molecule has 2 heterocycles. The number of aromatic nitrogens is 1. The first-order valence-corrected chi connectivity index (χ1v) is 10.7. The number of aliphatic hydroxyl groups is 1. The van der Waals surface area contributed by atoms with Gasteiger partial charge in [0.15, 0.2) is 5.13 Å². The minimum Gasteiger partial charge on any atom is -0.507 e. The number of nitrogens with zero attached hydrogens (tertiary/aromatic N) is 2. The number of anilines is 1. The molecule has 0 bridgehead atoms. The summed E-state index contributed by atoms with van der Waals surface area (Å²) < 4.78 is 10.4. The summed E-state index contributed by atoms with van der Waals surface area (Å²) in [7, 11) is 3.11. The molecule has 8 heteroatoms. The molecular formula is C24H22N2O5S. The summed E-state index contributed by atoms with van der Waals surface area (Å²) in [6, 6.07) is 12.9. The Morgan fingerprint density at radius 1 is 0.969 bits per heavy atom. The number of benzene rings is 2. The number of thiazole rings is 1. The van der Waals surface area contributed by atoms with Crippen LogP contribution in [0.4, 0.5) is 5.13 Å². The quantitative estimate of drug-likeness (QED) is 0.352. The van der Waals surface area contributed by atoms with E-state index < -0.39 is 17.7 Å². The van der Waals surface area contributed by atoms with Gasteiger partial charge in [-0.3, -0.25) is 14.5 Å². The van der Waals surface area contributed by atoms with Crippen molar-refractivity contribution in [1.29, 1.82) is 0 Å². The van der Waals surface area contributed by atoms with E-state index in [4.69, 9.17) is 9.47 Å². The summed E-state index contributed by atoms with van der Waals surface area (Å²) in [4.78, 5) is 33.1. The lowest BCUT2D eigenvalue weighted by atomic mass is 9.95. The van der Waals surface area contributed by atoms with E-state index in [0.29, 0.717) is 27.8 Å². The zero-order valence-corrected chi connectivity index (χ0v) is 18.9. The van der Waals surface area contributed by atoms with Crippen molar-refractivity contribution in [2.45, 2.75) is 19.9 Å². The highest BCUT2D eigenvalue weighted by molar-refractivity contribution is 7.16. The van der Waals surface area contributed by atoms with Gasteiger partial charge < -0.3 is 14.6 Å². The number of aryl methyl sites for hydroxylation is 2. The van der Waals surface area contributed by atoms with Gasteiger partial charge >= 0.3 is 5.91 Å². The topological polar surface area (TPSA) is 89.0 Å². The molecule has 3 aromatic rings. The molecule has 0 unspecified atom stereocenters. The van der Waals surface area contributed by atoms with Gasteiger partial charge in [-0.25, -0.2) is 4.98 Å². The minimum absolute atomic E-state index is 0.0100. The van der Waals surface area contributed by atoms with Gasteiger partial charge in [0, 0.05) is 10.4 Å². The van der Waals surface area contributed by atoms with E-state index in [9.17, 15) is 14.7 Å². The third kappa shape index (κ3) is 3.62. The molecule has 1 aliphatic heterocycles. The number of amides is 1. The number of carbonyl (C=O) groups excluding carboxylic acids is 2. The van der Waals surface area contributed by atoms with Crippen LogP contribution in [-0.2, 0) is 9.59 Å². The Bertz CT molecular complexity index is 1190. The molecule has 0 aliphatic carbocycles. The lowest BCUT2D eigenvalue weighted by molar-refractivity contribution is -0.132. The highest BCUT2D eigenvalue weighted by Crippen LogP contribution is 2.44. The summed E-state index contributed by atoms with van der Waals surface area (Å²) >= 11 is 1.33. The van der Waals surface area contributed by atoms with Crippen molar-refractivity contribution in [3.8, 4) is 11.5 Å². The molecule has 1 fully saturated rings. The number of carbonyl (C=O) groups is 2. The molecule has 32 heavy (non-hydrogen) atoms. The average Bonchev–Trinajstić information content (AvgIpc) is 3.28. The van der Waals surface area contributed by atoms with Gasteiger partial charge in [-0.15, -0.1) is 11.3 Å². The predicted molar refractivity (Wildman–Crippen MR) is 122 cm³/mol. The lowest BCUT2D eigenvalue weighted by Crippen LogP contribution is -2.29. The van der Waals surface area contributed by atoms with E-state index in [-0.39, 0.29) is 11.3 Å². The maximum atomic E-state index is 13.1. The van der Waals surface area contributed by atoms with Gasteiger partial charge in [-0.05, 0) is 55.8 Å². The van der Waals surface area contributed by atoms with Crippen LogP contribution < -0.4 is 14.4 Å². The van der Waals surface area contributed by atoms with Crippen LogP contribution in [0.5, 0.6) is 11.5 Å². The van der Waals surface area contributed by atoms with Crippen molar-refractivity contribution >= 4 is 33.9 Å². The molecule has 0 saturated carbocycles. The third-order valence-corrected chi connectivity index (χ3v) is 6.53. The highest BCUT2D eigenvalue weighted by Gasteiger charge is 2.48. The first-order chi connectivity index (χ1) is 15.3. The summed E-state index contributed by atoms with van der Waals surface area (Å²) in [6.07, 6.45) is 0. The maximum Gasteiger partial charge on any atom is 0.301 e. The number of Topliss-reactive ketones (excluding diaryl/α,β-unsaturated/α-hetero) is 1. The van der Waals surface area contributed by atoms with Crippen molar-refractivity contribution in [1.82, 2.24) is 4.98 Å². The number of hydrogen-bond acceptors (Lipinski definition) is 7. The standard InChI is InChI=1S/C24H22N2O5S/c1-13-14(2)32-24(25-13)26-20(15-5-9-17(30-3)10-6-15)19(22(28)23(26)29)21(27)16-7-11-18(31-4)12-8-16/h5-12,20,27H,1-4H3/b21-19+/t20-/m0/s1. The minimum atomic E-state index is -0.826. The smallest absolute Gasteiger partial charge is 0.301 e. The fourth-order valence-corrected chi connectivity index (χ4v) is 4.53. The molecule has 1 aliphatic rings. The van der Waals surface area contributed by atoms with Crippen molar-refractivity contribution in [2.75, 3.05) is 19.1 Å². The normalized spacial score (nSPS) is 17.6. The maximum absolute atomic E-state index is 13.1. The molecule has 1 N–H and O–H groups in total. The number of rotatable bonds is 5. The van der Waals surface area contributed by atoms with Crippen LogP contribution in [0.15, 0.2) is 54.1 Å². The second kappa shape index (κ2) is 8.47. The molecule has 1 aromatic heterocycles. The van der Waals surface area contributed by atoms with E-state index in [1.54, 1.807) is 62.8 Å². The molecule has 7 nitrogen and oxygen atoms in total. The van der Waals surface area contributed by atoms with E-state index in [0.717, 1.165) is 10.6 Å². The Balaban J connectivity index is 1.91. The molecule has 0 spiro atoms. The molecular weight excluding hydrogens is 428 g/mol. The van der Waals surface area contributed by atoms with Crippen LogP contribution in [0.1, 0.15) is 27.7 Å². The van der Waals surface area contributed by atoms with Crippen LogP contribution in [0.3, 0.4) is 0 Å². The summed E-state index contributed by atoms with van der Waals surface area (Å²) in [6.45, 7) is 3.76. The van der Waals surface area contributed by atoms with Gasteiger partial charge in [-0.2, -0.15) is 0 Å². The lowest BCUT2D eigenvalue weighted by Gasteiger charge is -2.23. The molecule has 2 aromatic carbocycles. The number of ether oxygens (including phenoxy) is 2. The Morgan fingerprint density at radius 2 is 1.53 bits per heavy atom. The first kappa shape index (κ1) is 21.6. The second-order valence-corrected chi connectivity index (χ2v) is 8.49. The van der Waals surface area contributed by atoms with Crippen LogP contribution in [-0.4, -0.2) is 36.0 Å². The van der Waals surface area contributed by atoms with E-state index in [1.165, 1.54) is 16.2 Å². The van der Waals surface area contributed by atoms with Crippen LogP contribution in [0.25, 0.3) is 5.76 Å². The van der Waals surface area contributed by atoms with Gasteiger partial charge in [-0.1, -0.05) is 12.1 Å². The third-order valence-electron chi connectivity index (χ3n) is 5.46. The van der Waals surface area contributed by atoms with Gasteiger partial charge in [0.25, 0.3) is 5.78 Å². The fourth-order valence-electron chi connectivity index (χ4n) is 3.59. The summed E-state index contributed by atoms with van der Waals surface area (Å²) in [5.41, 5.74) is 1.87. The molecule has 1 atom stereocenters. The molecule has 1 saturated heterocycles. The van der Waals surface area contributed by atoms with Crippen molar-refractivity contribution in [3.05, 3.63) is 75.8 Å². The van der Waals surface area contributed by atoms with Crippen LogP contribution >= 0.6 is 11.3 Å². The van der Waals surface area contributed by atoms with E-state index >= 15 is 0 Å². The number of aliphatic hydroxyl groups excluding tert-OH is 1. The van der Waals surface area contributed by atoms with E-state index in [1.807, 2.05) is 13.8 Å². The van der Waals surface area contributed by atoms with Gasteiger partial charge in [0.05, 0.1) is 31.5 Å². The van der Waals surface area contributed by atoms with E-state index in [2.05, 4.69) is 4.98 Å². The Kier molecular flexibility index (Phi) is 5.71. The Hall–Kier alpha value is -3.65. The zero-order chi connectivity index (χ0) is 23.0. The van der Waals surface area contributed by atoms with Gasteiger partial charge in [0.1, 0.15) is 17.3 Å². The number of hydrogen-bond donors (Lipinski definition) is 1. The largest absolute Gasteiger partial charge is 0.507 e. The molecule has 164 valence electrons. The predicted octanol–water partition coefficient (Wildman–Crippen LogP) is 4.40. The van der Waals surface area contributed by atoms with Gasteiger partial charge in [0.2, 0.25) is 0 Å². The summed E-state index contributed by atoms with van der Waals surface area (Å²) in [5.74, 6) is -0.483. The Labute approximate surface area is 189 Å². The van der Waals surface area contributed by atoms with Crippen molar-refractivity contribution in [3.63, 3.8) is 0 Å². The molecule has 0 radical (unpaired) electrons. The fraction of sp³-hybridized carbons (Fsp3) is 0.208. The highest BCUT2D eigenvalue weighted by atomic mass is 32.1. The average molecular weight is 451 g/mol. The zero-order valence-electron chi connectivity index (χ0n) is 18.1.